The Hall–Kier alpha value is -3.20. The molecule has 0 radical (unpaired) electrons. The summed E-state index contributed by atoms with van der Waals surface area (Å²) in [6.45, 7) is 5.82. The molecule has 1 aromatic heterocycles. The second-order valence-electron chi connectivity index (χ2n) is 7.72. The van der Waals surface area contributed by atoms with Crippen molar-refractivity contribution < 1.29 is 17.7 Å². The monoisotopic (exact) mass is 440 g/mol. The van der Waals surface area contributed by atoms with Gasteiger partial charge < -0.3 is 14.3 Å². The van der Waals surface area contributed by atoms with Crippen LogP contribution in [-0.4, -0.2) is 55.0 Å². The lowest BCUT2D eigenvalue weighted by atomic mass is 10.1. The molecule has 0 saturated carbocycles. The van der Waals surface area contributed by atoms with Crippen molar-refractivity contribution in [1.82, 2.24) is 15.0 Å². The van der Waals surface area contributed by atoms with Gasteiger partial charge in [0.1, 0.15) is 5.75 Å². The second-order valence-corrected chi connectivity index (χ2v) is 9.71. The number of amides is 1. The largest absolute Gasteiger partial charge is 0.365 e. The first-order valence-corrected chi connectivity index (χ1v) is 11.7. The minimum atomic E-state index is -3.62. The van der Waals surface area contributed by atoms with Crippen LogP contribution in [0.3, 0.4) is 0 Å². The third-order valence-electron chi connectivity index (χ3n) is 5.32. The summed E-state index contributed by atoms with van der Waals surface area (Å²) in [5, 5.41) is 3.71. The molecule has 2 heterocycles. The summed E-state index contributed by atoms with van der Waals surface area (Å²) in [5.74, 6) is -1.02. The number of piperazine rings is 1. The third kappa shape index (κ3) is 4.61. The minimum Gasteiger partial charge on any atom is -0.365 e. The average Bonchev–Trinajstić information content (AvgIpc) is 3.21. The van der Waals surface area contributed by atoms with Crippen LogP contribution in [0.15, 0.2) is 64.0 Å². The van der Waals surface area contributed by atoms with Crippen molar-refractivity contribution in [2.24, 2.45) is 0 Å². The number of carbonyl (C=O) groups is 1. The lowest BCUT2D eigenvalue weighted by Gasteiger charge is -2.40. The number of hydrogen-bond donors (Lipinski definition) is 0. The molecule has 1 aliphatic heterocycles. The van der Waals surface area contributed by atoms with E-state index in [1.54, 1.807) is 23.1 Å². The highest BCUT2D eigenvalue weighted by molar-refractivity contribution is 7.90. The Kier molecular flexibility index (Phi) is 5.77. The zero-order valence-electron chi connectivity index (χ0n) is 17.4. The van der Waals surface area contributed by atoms with Crippen LogP contribution in [0.4, 0.5) is 5.69 Å². The molecule has 1 fully saturated rings. The Labute approximate surface area is 181 Å². The zero-order valence-corrected chi connectivity index (χ0v) is 18.2. The zero-order chi connectivity index (χ0) is 22.0. The first kappa shape index (κ1) is 21.0. The molecule has 0 N–H and O–H groups in total. The molecule has 0 spiro atoms. The maximum absolute atomic E-state index is 12.9. The number of rotatable bonds is 5. The SMILES string of the molecule is Cc1cccc(N2CCN(C(=O)c3nc(CS(=O)(=O)c4ccccc4)no3)CC2C)c1. The molecule has 1 atom stereocenters. The second kappa shape index (κ2) is 8.50. The van der Waals surface area contributed by atoms with E-state index in [2.05, 4.69) is 47.1 Å². The van der Waals surface area contributed by atoms with Gasteiger partial charge in [-0.2, -0.15) is 4.98 Å². The molecule has 1 aliphatic rings. The van der Waals surface area contributed by atoms with Gasteiger partial charge in [0.2, 0.25) is 0 Å². The highest BCUT2D eigenvalue weighted by Gasteiger charge is 2.31. The topological polar surface area (TPSA) is 96.6 Å². The molecule has 3 aromatic rings. The van der Waals surface area contributed by atoms with Gasteiger partial charge >= 0.3 is 11.8 Å². The smallest absolute Gasteiger partial charge is 0.316 e. The van der Waals surface area contributed by atoms with Crippen molar-refractivity contribution in [3.05, 3.63) is 71.9 Å². The average molecular weight is 441 g/mol. The van der Waals surface area contributed by atoms with Gasteiger partial charge in [0, 0.05) is 31.4 Å². The normalized spacial score (nSPS) is 17.0. The van der Waals surface area contributed by atoms with E-state index >= 15 is 0 Å². The van der Waals surface area contributed by atoms with E-state index in [0.29, 0.717) is 19.6 Å². The van der Waals surface area contributed by atoms with Gasteiger partial charge in [-0.25, -0.2) is 8.42 Å². The van der Waals surface area contributed by atoms with Gasteiger partial charge in [-0.3, -0.25) is 4.79 Å². The van der Waals surface area contributed by atoms with Gasteiger partial charge in [-0.15, -0.1) is 0 Å². The molecule has 0 aliphatic carbocycles. The maximum Gasteiger partial charge on any atom is 0.316 e. The first-order valence-electron chi connectivity index (χ1n) is 10.1. The highest BCUT2D eigenvalue weighted by Crippen LogP contribution is 2.22. The van der Waals surface area contributed by atoms with E-state index in [1.165, 1.54) is 17.7 Å². The summed E-state index contributed by atoms with van der Waals surface area (Å²) in [5.41, 5.74) is 2.32. The molecule has 0 bridgehead atoms. The number of sulfone groups is 1. The molecule has 9 heteroatoms. The van der Waals surface area contributed by atoms with Crippen LogP contribution < -0.4 is 4.90 Å². The van der Waals surface area contributed by atoms with Gasteiger partial charge in [0.15, 0.2) is 15.7 Å². The van der Waals surface area contributed by atoms with Crippen molar-refractivity contribution in [3.8, 4) is 0 Å². The molecule has 1 unspecified atom stereocenters. The number of anilines is 1. The van der Waals surface area contributed by atoms with E-state index in [9.17, 15) is 13.2 Å². The van der Waals surface area contributed by atoms with E-state index in [-0.39, 0.29) is 28.6 Å². The number of benzene rings is 2. The molecule has 1 saturated heterocycles. The van der Waals surface area contributed by atoms with Crippen LogP contribution in [0.5, 0.6) is 0 Å². The van der Waals surface area contributed by atoms with Gasteiger partial charge in [-0.1, -0.05) is 35.5 Å². The summed E-state index contributed by atoms with van der Waals surface area (Å²) < 4.78 is 30.1. The summed E-state index contributed by atoms with van der Waals surface area (Å²) in [4.78, 5) is 21.0. The molecule has 2 aromatic carbocycles. The Morgan fingerprint density at radius 2 is 1.90 bits per heavy atom. The summed E-state index contributed by atoms with van der Waals surface area (Å²) in [7, 11) is -3.62. The Morgan fingerprint density at radius 3 is 2.61 bits per heavy atom. The first-order chi connectivity index (χ1) is 14.8. The predicted octanol–water partition coefficient (Wildman–Crippen LogP) is 2.70. The van der Waals surface area contributed by atoms with Crippen molar-refractivity contribution in [2.45, 2.75) is 30.5 Å². The summed E-state index contributed by atoms with van der Waals surface area (Å²) in [6.07, 6.45) is 0. The van der Waals surface area contributed by atoms with Crippen LogP contribution >= 0.6 is 0 Å². The molecular weight excluding hydrogens is 416 g/mol. The lowest BCUT2D eigenvalue weighted by Crippen LogP contribution is -2.53. The van der Waals surface area contributed by atoms with Gasteiger partial charge in [0.05, 0.1) is 4.90 Å². The van der Waals surface area contributed by atoms with Crippen LogP contribution in [-0.2, 0) is 15.6 Å². The van der Waals surface area contributed by atoms with Crippen molar-refractivity contribution in [1.29, 1.82) is 0 Å². The quantitative estimate of drug-likeness (QED) is 0.602. The van der Waals surface area contributed by atoms with Crippen molar-refractivity contribution >= 4 is 21.4 Å². The number of aromatic nitrogens is 2. The molecule has 8 nitrogen and oxygen atoms in total. The van der Waals surface area contributed by atoms with E-state index < -0.39 is 15.6 Å². The Morgan fingerprint density at radius 1 is 1.13 bits per heavy atom. The van der Waals surface area contributed by atoms with E-state index in [0.717, 1.165) is 5.69 Å². The minimum absolute atomic E-state index is 0.0290. The number of aryl methyl sites for hydroxylation is 1. The lowest BCUT2D eigenvalue weighted by molar-refractivity contribution is 0.0676. The Bertz CT molecular complexity index is 1180. The van der Waals surface area contributed by atoms with Gasteiger partial charge in [-0.05, 0) is 43.7 Å². The van der Waals surface area contributed by atoms with E-state index in [4.69, 9.17) is 4.52 Å². The molecule has 162 valence electrons. The molecule has 31 heavy (non-hydrogen) atoms. The fourth-order valence-electron chi connectivity index (χ4n) is 3.75. The number of carbonyl (C=O) groups excluding carboxylic acids is 1. The van der Waals surface area contributed by atoms with Crippen LogP contribution in [0.1, 0.15) is 29.0 Å². The van der Waals surface area contributed by atoms with Crippen LogP contribution in [0.25, 0.3) is 0 Å². The number of nitrogens with zero attached hydrogens (tertiary/aromatic N) is 4. The maximum atomic E-state index is 12.9. The predicted molar refractivity (Wildman–Crippen MR) is 116 cm³/mol. The molecule has 1 amide bonds. The fraction of sp³-hybridized carbons (Fsp3) is 0.318. The summed E-state index contributed by atoms with van der Waals surface area (Å²) in [6, 6.07) is 16.4. The van der Waals surface area contributed by atoms with Crippen molar-refractivity contribution in [2.75, 3.05) is 24.5 Å². The van der Waals surface area contributed by atoms with Crippen LogP contribution in [0, 0.1) is 6.92 Å². The van der Waals surface area contributed by atoms with Gasteiger partial charge in [0.25, 0.3) is 0 Å². The van der Waals surface area contributed by atoms with Crippen LogP contribution in [0.2, 0.25) is 0 Å². The number of hydrogen-bond acceptors (Lipinski definition) is 7. The van der Waals surface area contributed by atoms with Crippen molar-refractivity contribution in [3.63, 3.8) is 0 Å². The van der Waals surface area contributed by atoms with E-state index in [1.807, 2.05) is 6.07 Å². The fourth-order valence-corrected chi connectivity index (χ4v) is 4.94. The Balaban J connectivity index is 1.42. The molecular formula is C22H24N4O4S. The standard InChI is InChI=1S/C22H24N4O4S/c1-16-7-6-8-18(13-16)26-12-11-25(14-17(26)2)22(27)21-23-20(24-30-21)15-31(28,29)19-9-4-3-5-10-19/h3-10,13,17H,11-12,14-15H2,1-2H3. The third-order valence-corrected chi connectivity index (χ3v) is 6.95. The highest BCUT2D eigenvalue weighted by atomic mass is 32.2. The molecule has 4 rings (SSSR count). The summed E-state index contributed by atoms with van der Waals surface area (Å²) >= 11 is 0.